The summed E-state index contributed by atoms with van der Waals surface area (Å²) in [6.07, 6.45) is 5.12. The summed E-state index contributed by atoms with van der Waals surface area (Å²) < 4.78 is 5.51. The lowest BCUT2D eigenvalue weighted by Gasteiger charge is -2.07. The summed E-state index contributed by atoms with van der Waals surface area (Å²) in [7, 11) is 0. The van der Waals surface area contributed by atoms with Gasteiger partial charge in [0.1, 0.15) is 5.75 Å². The minimum atomic E-state index is -0.279. The van der Waals surface area contributed by atoms with Gasteiger partial charge in [-0.15, -0.1) is 0 Å². The minimum absolute atomic E-state index is 0.0580. The van der Waals surface area contributed by atoms with Gasteiger partial charge in [-0.1, -0.05) is 43.2 Å². The highest BCUT2D eigenvalue weighted by Gasteiger charge is 2.04. The molecule has 0 bridgehead atoms. The fourth-order valence-corrected chi connectivity index (χ4v) is 2.88. The van der Waals surface area contributed by atoms with E-state index < -0.39 is 0 Å². The number of nitrogens with one attached hydrogen (secondary N) is 1. The van der Waals surface area contributed by atoms with Gasteiger partial charge in [-0.3, -0.25) is 4.79 Å². The van der Waals surface area contributed by atoms with E-state index in [-0.39, 0.29) is 12.5 Å². The molecular formula is C22H28N2O2. The SMILES string of the molecule is CCCCc1ccc(OCC(=O)NN=Cc2c(C)cc(C)cc2C)cc1. The van der Waals surface area contributed by atoms with Crippen molar-refractivity contribution in [2.24, 2.45) is 5.10 Å². The molecule has 0 saturated heterocycles. The highest BCUT2D eigenvalue weighted by atomic mass is 16.5. The Kier molecular flexibility index (Phi) is 7.39. The summed E-state index contributed by atoms with van der Waals surface area (Å²) >= 11 is 0. The number of hydrazone groups is 1. The third kappa shape index (κ3) is 6.03. The number of unbranched alkanes of at least 4 members (excludes halogenated alkanes) is 1. The normalized spacial score (nSPS) is 10.9. The van der Waals surface area contributed by atoms with Crippen molar-refractivity contribution in [3.63, 3.8) is 0 Å². The third-order valence-corrected chi connectivity index (χ3v) is 4.23. The van der Waals surface area contributed by atoms with Crippen molar-refractivity contribution in [3.8, 4) is 5.75 Å². The Morgan fingerprint density at radius 2 is 1.77 bits per heavy atom. The zero-order valence-electron chi connectivity index (χ0n) is 16.1. The lowest BCUT2D eigenvalue weighted by Crippen LogP contribution is -2.24. The van der Waals surface area contributed by atoms with Crippen molar-refractivity contribution in [1.29, 1.82) is 0 Å². The zero-order valence-corrected chi connectivity index (χ0v) is 16.1. The van der Waals surface area contributed by atoms with E-state index in [0.717, 1.165) is 23.1 Å². The first-order valence-corrected chi connectivity index (χ1v) is 9.11. The maximum absolute atomic E-state index is 11.9. The summed E-state index contributed by atoms with van der Waals surface area (Å²) in [6.45, 7) is 8.26. The van der Waals surface area contributed by atoms with E-state index in [0.29, 0.717) is 5.75 Å². The van der Waals surface area contributed by atoms with E-state index in [1.165, 1.54) is 24.0 Å². The van der Waals surface area contributed by atoms with E-state index in [1.807, 2.05) is 38.1 Å². The predicted octanol–water partition coefficient (Wildman–Crippen LogP) is 4.48. The van der Waals surface area contributed by atoms with Crippen molar-refractivity contribution in [2.45, 2.75) is 47.0 Å². The molecule has 0 unspecified atom stereocenters. The maximum Gasteiger partial charge on any atom is 0.277 e. The van der Waals surface area contributed by atoms with Crippen LogP contribution >= 0.6 is 0 Å². The van der Waals surface area contributed by atoms with Gasteiger partial charge in [0.25, 0.3) is 5.91 Å². The van der Waals surface area contributed by atoms with Crippen LogP contribution in [0.5, 0.6) is 5.75 Å². The smallest absolute Gasteiger partial charge is 0.277 e. The number of carbonyl (C=O) groups excluding carboxylic acids is 1. The molecule has 2 rings (SSSR count). The third-order valence-electron chi connectivity index (χ3n) is 4.23. The molecule has 0 aliphatic carbocycles. The molecule has 0 aromatic heterocycles. The largest absolute Gasteiger partial charge is 0.484 e. The second-order valence-corrected chi connectivity index (χ2v) is 6.64. The summed E-state index contributed by atoms with van der Waals surface area (Å²) in [6, 6.07) is 12.1. The molecule has 0 saturated carbocycles. The lowest BCUT2D eigenvalue weighted by molar-refractivity contribution is -0.123. The molecule has 1 amide bonds. The first-order valence-electron chi connectivity index (χ1n) is 9.11. The first kappa shape index (κ1) is 19.7. The molecule has 4 heteroatoms. The van der Waals surface area contributed by atoms with Gasteiger partial charge in [0, 0.05) is 5.56 Å². The summed E-state index contributed by atoms with van der Waals surface area (Å²) in [5.74, 6) is 0.410. The molecule has 0 radical (unpaired) electrons. The second-order valence-electron chi connectivity index (χ2n) is 6.64. The van der Waals surface area contributed by atoms with E-state index in [2.05, 4.69) is 36.5 Å². The quantitative estimate of drug-likeness (QED) is 0.562. The van der Waals surface area contributed by atoms with Gasteiger partial charge in [-0.2, -0.15) is 5.10 Å². The molecule has 1 N–H and O–H groups in total. The summed E-state index contributed by atoms with van der Waals surface area (Å²) in [5, 5.41) is 4.05. The number of hydrogen-bond acceptors (Lipinski definition) is 3. The van der Waals surface area contributed by atoms with Crippen LogP contribution in [0.2, 0.25) is 0 Å². The molecular weight excluding hydrogens is 324 g/mol. The van der Waals surface area contributed by atoms with Gasteiger partial charge in [-0.05, 0) is 62.4 Å². The van der Waals surface area contributed by atoms with Crippen LogP contribution in [0.1, 0.15) is 47.6 Å². The van der Waals surface area contributed by atoms with E-state index in [1.54, 1.807) is 6.21 Å². The molecule has 0 fully saturated rings. The molecule has 2 aromatic carbocycles. The topological polar surface area (TPSA) is 50.7 Å². The Balaban J connectivity index is 1.82. The van der Waals surface area contributed by atoms with Crippen molar-refractivity contribution in [3.05, 3.63) is 64.2 Å². The van der Waals surface area contributed by atoms with Crippen LogP contribution in [-0.2, 0) is 11.2 Å². The van der Waals surface area contributed by atoms with Crippen LogP contribution in [0.15, 0.2) is 41.5 Å². The van der Waals surface area contributed by atoms with Gasteiger partial charge in [0.15, 0.2) is 6.61 Å². The Morgan fingerprint density at radius 3 is 2.38 bits per heavy atom. The van der Waals surface area contributed by atoms with Crippen LogP contribution in [0.25, 0.3) is 0 Å². The van der Waals surface area contributed by atoms with Crippen LogP contribution in [0.3, 0.4) is 0 Å². The molecule has 138 valence electrons. The first-order chi connectivity index (χ1) is 12.5. The number of hydrogen-bond donors (Lipinski definition) is 1. The van der Waals surface area contributed by atoms with Crippen molar-refractivity contribution >= 4 is 12.1 Å². The predicted molar refractivity (Wildman–Crippen MR) is 107 cm³/mol. The number of nitrogens with zero attached hydrogens (tertiary/aromatic N) is 1. The van der Waals surface area contributed by atoms with Gasteiger partial charge in [-0.25, -0.2) is 5.43 Å². The molecule has 0 spiro atoms. The number of aryl methyl sites for hydroxylation is 4. The molecule has 2 aromatic rings. The van der Waals surface area contributed by atoms with Crippen LogP contribution in [0.4, 0.5) is 0 Å². The highest BCUT2D eigenvalue weighted by Crippen LogP contribution is 2.15. The monoisotopic (exact) mass is 352 g/mol. The molecule has 26 heavy (non-hydrogen) atoms. The van der Waals surface area contributed by atoms with Crippen molar-refractivity contribution in [1.82, 2.24) is 5.43 Å². The van der Waals surface area contributed by atoms with Gasteiger partial charge < -0.3 is 4.74 Å². The standard InChI is InChI=1S/C22H28N2O2/c1-5-6-7-19-8-10-20(11-9-19)26-15-22(25)24-23-14-21-17(3)12-16(2)13-18(21)4/h8-14H,5-7,15H2,1-4H3,(H,24,25). The van der Waals surface area contributed by atoms with Crippen molar-refractivity contribution < 1.29 is 9.53 Å². The van der Waals surface area contributed by atoms with Crippen LogP contribution in [-0.4, -0.2) is 18.7 Å². The number of amides is 1. The van der Waals surface area contributed by atoms with E-state index in [4.69, 9.17) is 4.74 Å². The fourth-order valence-electron chi connectivity index (χ4n) is 2.88. The van der Waals surface area contributed by atoms with Crippen LogP contribution < -0.4 is 10.2 Å². The van der Waals surface area contributed by atoms with Crippen LogP contribution in [0, 0.1) is 20.8 Å². The number of rotatable bonds is 8. The Labute approximate surface area is 156 Å². The van der Waals surface area contributed by atoms with Crippen molar-refractivity contribution in [2.75, 3.05) is 6.61 Å². The molecule has 0 aliphatic rings. The molecule has 0 aliphatic heterocycles. The average molecular weight is 352 g/mol. The molecule has 0 atom stereocenters. The maximum atomic E-state index is 11.9. The fraction of sp³-hybridized carbons (Fsp3) is 0.364. The van der Waals surface area contributed by atoms with Gasteiger partial charge in [0.05, 0.1) is 6.21 Å². The molecule has 0 heterocycles. The van der Waals surface area contributed by atoms with Gasteiger partial charge in [0.2, 0.25) is 0 Å². The highest BCUT2D eigenvalue weighted by molar-refractivity contribution is 5.85. The lowest BCUT2D eigenvalue weighted by atomic mass is 10.0. The second kappa shape index (κ2) is 9.76. The average Bonchev–Trinajstić information content (AvgIpc) is 2.61. The number of carbonyl (C=O) groups is 1. The minimum Gasteiger partial charge on any atom is -0.484 e. The summed E-state index contributed by atoms with van der Waals surface area (Å²) in [5.41, 5.74) is 8.33. The van der Waals surface area contributed by atoms with Gasteiger partial charge >= 0.3 is 0 Å². The molecule has 4 nitrogen and oxygen atoms in total. The zero-order chi connectivity index (χ0) is 18.9. The Hall–Kier alpha value is -2.62. The number of benzene rings is 2. The van der Waals surface area contributed by atoms with E-state index in [9.17, 15) is 4.79 Å². The van der Waals surface area contributed by atoms with E-state index >= 15 is 0 Å². The summed E-state index contributed by atoms with van der Waals surface area (Å²) in [4.78, 5) is 11.9. The Morgan fingerprint density at radius 1 is 1.12 bits per heavy atom. The Bertz CT molecular complexity index is 741. The number of ether oxygens (including phenoxy) is 1.